The van der Waals surface area contributed by atoms with Gasteiger partial charge in [0.2, 0.25) is 5.92 Å². The van der Waals surface area contributed by atoms with Crippen LogP contribution in [0.5, 0.6) is 0 Å². The fourth-order valence-corrected chi connectivity index (χ4v) is 4.32. The number of hydrogen-bond donors (Lipinski definition) is 0. The molecule has 1 fully saturated rings. The molecule has 2 rings (SSSR count). The average Bonchev–Trinajstić information content (AvgIpc) is 2.41. The molecule has 2 unspecified atom stereocenters. The zero-order valence-electron chi connectivity index (χ0n) is 15.3. The maximum atomic E-state index is 13.5. The topological polar surface area (TPSA) is 0 Å². The van der Waals surface area contributed by atoms with Crippen molar-refractivity contribution >= 4 is 0 Å². The van der Waals surface area contributed by atoms with Crippen LogP contribution in [0.25, 0.3) is 0 Å². The highest BCUT2D eigenvalue weighted by atomic mass is 19.3. The highest BCUT2D eigenvalue weighted by molar-refractivity contribution is 5.15. The van der Waals surface area contributed by atoms with Gasteiger partial charge in [-0.3, -0.25) is 0 Å². The molecule has 0 aromatic heterocycles. The van der Waals surface area contributed by atoms with Crippen LogP contribution in [-0.4, -0.2) is 5.92 Å². The largest absolute Gasteiger partial charge is 0.248 e. The summed E-state index contributed by atoms with van der Waals surface area (Å²) in [7, 11) is 0. The molecule has 2 aliphatic rings. The molecule has 22 heavy (non-hydrogen) atoms. The van der Waals surface area contributed by atoms with Crippen LogP contribution in [0.1, 0.15) is 80.1 Å². The molecule has 2 aliphatic carbocycles. The molecule has 1 saturated carbocycles. The second kappa shape index (κ2) is 5.60. The standard InChI is InChI=1S/C20H34F2/c1-15(2)18(5)11-13-19(6,14-12-18)17(3,4)16-7-9-20(21,22)10-8-16/h11,13,15-16H,7-10,12,14H2,1-6H3. The molecule has 0 N–H and O–H groups in total. The first-order valence-corrected chi connectivity index (χ1v) is 9.00. The normalized spacial score (nSPS) is 36.8. The molecular formula is C20H34F2. The van der Waals surface area contributed by atoms with E-state index in [1.807, 2.05) is 0 Å². The van der Waals surface area contributed by atoms with Gasteiger partial charge in [-0.2, -0.15) is 0 Å². The first kappa shape index (κ1) is 17.9. The zero-order valence-corrected chi connectivity index (χ0v) is 15.3. The quantitative estimate of drug-likeness (QED) is 0.499. The summed E-state index contributed by atoms with van der Waals surface area (Å²) in [4.78, 5) is 0. The first-order valence-electron chi connectivity index (χ1n) is 9.00. The van der Waals surface area contributed by atoms with E-state index in [0.717, 1.165) is 6.42 Å². The lowest BCUT2D eigenvalue weighted by Crippen LogP contribution is -2.45. The third-order valence-electron chi connectivity index (χ3n) is 7.54. The summed E-state index contributed by atoms with van der Waals surface area (Å²) in [6.45, 7) is 13.9. The van der Waals surface area contributed by atoms with E-state index in [1.54, 1.807) is 0 Å². The summed E-state index contributed by atoms with van der Waals surface area (Å²) in [5.74, 6) is -1.37. The molecule has 0 aromatic carbocycles. The van der Waals surface area contributed by atoms with Crippen molar-refractivity contribution in [2.24, 2.45) is 28.1 Å². The first-order chi connectivity index (χ1) is 9.92. The molecule has 0 aromatic rings. The molecule has 0 spiro atoms. The van der Waals surface area contributed by atoms with Crippen LogP contribution in [0, 0.1) is 28.1 Å². The van der Waals surface area contributed by atoms with Crippen molar-refractivity contribution < 1.29 is 8.78 Å². The molecule has 0 bridgehead atoms. The Kier molecular flexibility index (Phi) is 4.57. The van der Waals surface area contributed by atoms with E-state index in [1.165, 1.54) is 6.42 Å². The van der Waals surface area contributed by atoms with Crippen LogP contribution in [0.15, 0.2) is 12.2 Å². The van der Waals surface area contributed by atoms with Crippen molar-refractivity contribution in [2.45, 2.75) is 86.0 Å². The Morgan fingerprint density at radius 2 is 1.50 bits per heavy atom. The van der Waals surface area contributed by atoms with Gasteiger partial charge in [-0.25, -0.2) is 8.78 Å². The van der Waals surface area contributed by atoms with Crippen LogP contribution in [0.2, 0.25) is 0 Å². The van der Waals surface area contributed by atoms with Gasteiger partial charge < -0.3 is 0 Å². The van der Waals surface area contributed by atoms with Gasteiger partial charge in [0, 0.05) is 12.8 Å². The predicted octanol–water partition coefficient (Wildman–Crippen LogP) is 6.86. The smallest absolute Gasteiger partial charge is 0.207 e. The summed E-state index contributed by atoms with van der Waals surface area (Å²) in [5.41, 5.74) is 0.492. The van der Waals surface area contributed by atoms with E-state index < -0.39 is 5.92 Å². The van der Waals surface area contributed by atoms with Gasteiger partial charge in [-0.05, 0) is 53.8 Å². The van der Waals surface area contributed by atoms with Gasteiger partial charge in [0.1, 0.15) is 0 Å². The van der Waals surface area contributed by atoms with E-state index in [9.17, 15) is 8.78 Å². The Morgan fingerprint density at radius 1 is 0.955 bits per heavy atom. The Bertz CT molecular complexity index is 425. The lowest BCUT2D eigenvalue weighted by Gasteiger charge is -2.53. The van der Waals surface area contributed by atoms with Gasteiger partial charge in [0.05, 0.1) is 0 Å². The van der Waals surface area contributed by atoms with Gasteiger partial charge in [0.15, 0.2) is 0 Å². The fourth-order valence-electron chi connectivity index (χ4n) is 4.32. The Labute approximate surface area is 135 Å². The van der Waals surface area contributed by atoms with Gasteiger partial charge >= 0.3 is 0 Å². The van der Waals surface area contributed by atoms with Crippen LogP contribution >= 0.6 is 0 Å². The van der Waals surface area contributed by atoms with Crippen molar-refractivity contribution in [1.82, 2.24) is 0 Å². The van der Waals surface area contributed by atoms with Crippen LogP contribution in [-0.2, 0) is 0 Å². The van der Waals surface area contributed by atoms with E-state index in [-0.39, 0.29) is 29.1 Å². The van der Waals surface area contributed by atoms with E-state index in [0.29, 0.717) is 24.7 Å². The number of rotatable bonds is 3. The third kappa shape index (κ3) is 3.12. The number of halogens is 2. The molecule has 0 heterocycles. The number of alkyl halides is 2. The number of hydrogen-bond acceptors (Lipinski definition) is 0. The zero-order chi connectivity index (χ0) is 16.8. The molecule has 0 nitrogen and oxygen atoms in total. The highest BCUT2D eigenvalue weighted by Crippen LogP contribution is 2.57. The molecule has 2 heteroatoms. The lowest BCUT2D eigenvalue weighted by atomic mass is 9.52. The Morgan fingerprint density at radius 3 is 1.91 bits per heavy atom. The van der Waals surface area contributed by atoms with Gasteiger partial charge in [-0.1, -0.05) is 53.7 Å². The fraction of sp³-hybridized carbons (Fsp3) is 0.900. The Balaban J connectivity index is 2.16. The minimum atomic E-state index is -2.42. The highest BCUT2D eigenvalue weighted by Gasteiger charge is 2.49. The third-order valence-corrected chi connectivity index (χ3v) is 7.54. The summed E-state index contributed by atoms with van der Waals surface area (Å²) in [6.07, 6.45) is 8.69. The summed E-state index contributed by atoms with van der Waals surface area (Å²) >= 11 is 0. The lowest BCUT2D eigenvalue weighted by molar-refractivity contribution is -0.0780. The summed E-state index contributed by atoms with van der Waals surface area (Å²) in [5, 5.41) is 0. The molecule has 2 atom stereocenters. The van der Waals surface area contributed by atoms with E-state index >= 15 is 0 Å². The molecule has 128 valence electrons. The average molecular weight is 312 g/mol. The Hall–Kier alpha value is -0.400. The summed E-state index contributed by atoms with van der Waals surface area (Å²) < 4.78 is 27.0. The molecule has 0 amide bonds. The maximum absolute atomic E-state index is 13.5. The molecule has 0 radical (unpaired) electrons. The van der Waals surface area contributed by atoms with Crippen molar-refractivity contribution in [2.75, 3.05) is 0 Å². The van der Waals surface area contributed by atoms with Crippen molar-refractivity contribution in [3.8, 4) is 0 Å². The maximum Gasteiger partial charge on any atom is 0.248 e. The van der Waals surface area contributed by atoms with Gasteiger partial charge in [0.25, 0.3) is 0 Å². The van der Waals surface area contributed by atoms with Gasteiger partial charge in [-0.15, -0.1) is 0 Å². The van der Waals surface area contributed by atoms with Crippen LogP contribution in [0.3, 0.4) is 0 Å². The van der Waals surface area contributed by atoms with Crippen LogP contribution in [0.4, 0.5) is 8.78 Å². The van der Waals surface area contributed by atoms with Crippen molar-refractivity contribution in [1.29, 1.82) is 0 Å². The minimum absolute atomic E-state index is 0.0740. The molecule has 0 aliphatic heterocycles. The van der Waals surface area contributed by atoms with E-state index in [2.05, 4.69) is 53.7 Å². The predicted molar refractivity (Wildman–Crippen MR) is 90.1 cm³/mol. The second-order valence-corrected chi connectivity index (χ2v) is 9.26. The molecule has 0 saturated heterocycles. The number of allylic oxidation sites excluding steroid dienone is 2. The SMILES string of the molecule is CC(C)C1(C)C=CC(C)(C(C)(C)C2CCC(F)(F)CC2)CC1. The molecular weight excluding hydrogens is 278 g/mol. The summed E-state index contributed by atoms with van der Waals surface area (Å²) in [6, 6.07) is 0. The minimum Gasteiger partial charge on any atom is -0.207 e. The van der Waals surface area contributed by atoms with Crippen molar-refractivity contribution in [3.05, 3.63) is 12.2 Å². The second-order valence-electron chi connectivity index (χ2n) is 9.26. The monoisotopic (exact) mass is 312 g/mol. The van der Waals surface area contributed by atoms with Crippen LogP contribution < -0.4 is 0 Å². The van der Waals surface area contributed by atoms with Crippen molar-refractivity contribution in [3.63, 3.8) is 0 Å². The van der Waals surface area contributed by atoms with E-state index in [4.69, 9.17) is 0 Å².